The van der Waals surface area contributed by atoms with Gasteiger partial charge in [0.2, 0.25) is 17.5 Å². The molecule has 1 N–H and O–H groups in total. The maximum absolute atomic E-state index is 12.8. The number of methoxy groups -OCH3 is 3. The molecule has 10 heteroatoms. The minimum atomic E-state index is -0.301. The van der Waals surface area contributed by atoms with Crippen molar-refractivity contribution in [3.63, 3.8) is 0 Å². The van der Waals surface area contributed by atoms with Crippen LogP contribution in [0.3, 0.4) is 0 Å². The summed E-state index contributed by atoms with van der Waals surface area (Å²) in [7, 11) is 4.59. The van der Waals surface area contributed by atoms with E-state index in [1.54, 1.807) is 41.2 Å². The lowest BCUT2D eigenvalue weighted by molar-refractivity contribution is -0.116. The van der Waals surface area contributed by atoms with Crippen LogP contribution in [0.5, 0.6) is 17.2 Å². The molecule has 2 heterocycles. The van der Waals surface area contributed by atoms with Gasteiger partial charge in [0, 0.05) is 18.7 Å². The zero-order valence-corrected chi connectivity index (χ0v) is 18.7. The van der Waals surface area contributed by atoms with Crippen molar-refractivity contribution in [3.8, 4) is 28.8 Å². The quantitative estimate of drug-likeness (QED) is 0.469. The molecule has 0 saturated heterocycles. The second-order valence-corrected chi connectivity index (χ2v) is 7.49. The minimum absolute atomic E-state index is 0.155. The van der Waals surface area contributed by atoms with Crippen molar-refractivity contribution in [1.29, 1.82) is 0 Å². The van der Waals surface area contributed by atoms with Gasteiger partial charge in [0.05, 0.1) is 34.1 Å². The average Bonchev–Trinajstić information content (AvgIpc) is 3.40. The SMILES string of the molecule is COc1cc(/C=C/C(=O)NCCn2nc(-c3ccco3)n(C3CC3)c2=O)cc(OC)c1OC. The van der Waals surface area contributed by atoms with Crippen molar-refractivity contribution < 1.29 is 23.4 Å². The molecule has 4 rings (SSSR count). The van der Waals surface area contributed by atoms with Gasteiger partial charge >= 0.3 is 5.69 Å². The summed E-state index contributed by atoms with van der Waals surface area (Å²) in [6, 6.07) is 7.18. The van der Waals surface area contributed by atoms with Crippen LogP contribution >= 0.6 is 0 Å². The van der Waals surface area contributed by atoms with Crippen LogP contribution in [0.25, 0.3) is 17.7 Å². The third-order valence-corrected chi connectivity index (χ3v) is 5.26. The Hall–Kier alpha value is -3.95. The molecule has 10 nitrogen and oxygen atoms in total. The van der Waals surface area contributed by atoms with E-state index in [1.807, 2.05) is 0 Å². The van der Waals surface area contributed by atoms with E-state index in [4.69, 9.17) is 18.6 Å². The highest BCUT2D eigenvalue weighted by Crippen LogP contribution is 2.38. The zero-order valence-electron chi connectivity index (χ0n) is 18.7. The van der Waals surface area contributed by atoms with E-state index >= 15 is 0 Å². The minimum Gasteiger partial charge on any atom is -0.493 e. The molecule has 1 saturated carbocycles. The first kappa shape index (κ1) is 22.3. The first-order valence-corrected chi connectivity index (χ1v) is 10.5. The fourth-order valence-electron chi connectivity index (χ4n) is 3.51. The van der Waals surface area contributed by atoms with E-state index < -0.39 is 0 Å². The Kier molecular flexibility index (Phi) is 6.53. The smallest absolute Gasteiger partial charge is 0.346 e. The molecule has 1 aliphatic rings. The summed E-state index contributed by atoms with van der Waals surface area (Å²) in [6.45, 7) is 0.494. The van der Waals surface area contributed by atoms with E-state index in [0.717, 1.165) is 12.8 Å². The van der Waals surface area contributed by atoms with E-state index in [2.05, 4.69) is 10.4 Å². The second-order valence-electron chi connectivity index (χ2n) is 7.49. The van der Waals surface area contributed by atoms with Crippen molar-refractivity contribution in [1.82, 2.24) is 19.7 Å². The number of ether oxygens (including phenoxy) is 3. The standard InChI is InChI=1S/C23H26N4O6/c1-30-18-13-15(14-19(31-2)21(18)32-3)6-9-20(28)24-10-11-26-23(29)27(16-7-8-16)22(25-26)17-5-4-12-33-17/h4-6,9,12-14,16H,7-8,10-11H2,1-3H3,(H,24,28)/b9-6+. The van der Waals surface area contributed by atoms with Gasteiger partial charge in [0.1, 0.15) is 0 Å². The number of hydrogen-bond donors (Lipinski definition) is 1. The van der Waals surface area contributed by atoms with Gasteiger partial charge < -0.3 is 23.9 Å². The number of hydrogen-bond acceptors (Lipinski definition) is 7. The Morgan fingerprint density at radius 1 is 1.21 bits per heavy atom. The van der Waals surface area contributed by atoms with Crippen molar-refractivity contribution in [2.24, 2.45) is 0 Å². The highest BCUT2D eigenvalue weighted by Gasteiger charge is 2.31. The summed E-state index contributed by atoms with van der Waals surface area (Å²) in [5, 5.41) is 7.19. The topological polar surface area (TPSA) is 110 Å². The Balaban J connectivity index is 1.40. The lowest BCUT2D eigenvalue weighted by Crippen LogP contribution is -2.31. The van der Waals surface area contributed by atoms with Gasteiger partial charge in [-0.05, 0) is 48.7 Å². The number of furan rings is 1. The fourth-order valence-corrected chi connectivity index (χ4v) is 3.51. The molecule has 0 unspecified atom stereocenters. The number of amides is 1. The number of carbonyl (C=O) groups is 1. The summed E-state index contributed by atoms with van der Waals surface area (Å²) >= 11 is 0. The van der Waals surface area contributed by atoms with Crippen LogP contribution in [-0.4, -0.2) is 48.1 Å². The van der Waals surface area contributed by atoms with Crippen molar-refractivity contribution >= 4 is 12.0 Å². The van der Waals surface area contributed by atoms with Crippen LogP contribution in [-0.2, 0) is 11.3 Å². The molecule has 33 heavy (non-hydrogen) atoms. The van der Waals surface area contributed by atoms with Crippen molar-refractivity contribution in [3.05, 3.63) is 52.7 Å². The van der Waals surface area contributed by atoms with Crippen molar-refractivity contribution in [2.45, 2.75) is 25.4 Å². The normalized spacial score (nSPS) is 13.3. The van der Waals surface area contributed by atoms with Gasteiger partial charge in [-0.2, -0.15) is 0 Å². The third-order valence-electron chi connectivity index (χ3n) is 5.26. The molecule has 3 aromatic rings. The number of nitrogens with zero attached hydrogens (tertiary/aromatic N) is 3. The Morgan fingerprint density at radius 3 is 2.52 bits per heavy atom. The van der Waals surface area contributed by atoms with E-state index in [0.29, 0.717) is 34.4 Å². The first-order chi connectivity index (χ1) is 16.0. The van der Waals surface area contributed by atoms with Crippen LogP contribution < -0.4 is 25.2 Å². The maximum atomic E-state index is 12.8. The highest BCUT2D eigenvalue weighted by atomic mass is 16.5. The summed E-state index contributed by atoms with van der Waals surface area (Å²) in [5.74, 6) is 2.23. The third kappa shape index (κ3) is 4.79. The van der Waals surface area contributed by atoms with Crippen LogP contribution in [0.4, 0.5) is 0 Å². The van der Waals surface area contributed by atoms with Crippen LogP contribution in [0.2, 0.25) is 0 Å². The van der Waals surface area contributed by atoms with E-state index in [1.165, 1.54) is 32.1 Å². The predicted octanol–water partition coefficient (Wildman–Crippen LogP) is 2.50. The molecule has 0 bridgehead atoms. The molecule has 174 valence electrons. The predicted molar refractivity (Wildman–Crippen MR) is 121 cm³/mol. The highest BCUT2D eigenvalue weighted by molar-refractivity contribution is 5.91. The van der Waals surface area contributed by atoms with Gasteiger partial charge in [0.25, 0.3) is 0 Å². The van der Waals surface area contributed by atoms with Gasteiger partial charge in [-0.25, -0.2) is 9.48 Å². The summed E-state index contributed by atoms with van der Waals surface area (Å²) in [5.41, 5.74) is 0.508. The maximum Gasteiger partial charge on any atom is 0.346 e. The molecule has 2 aromatic heterocycles. The largest absolute Gasteiger partial charge is 0.493 e. The molecule has 1 aliphatic carbocycles. The van der Waals surface area contributed by atoms with Gasteiger partial charge in [0.15, 0.2) is 17.3 Å². The Labute approximate surface area is 190 Å². The zero-order chi connectivity index (χ0) is 23.4. The molecule has 1 amide bonds. The van der Waals surface area contributed by atoms with Gasteiger partial charge in [-0.1, -0.05) is 0 Å². The number of rotatable bonds is 10. The summed E-state index contributed by atoms with van der Waals surface area (Å²) in [6.07, 6.45) is 6.49. The number of nitrogens with one attached hydrogen (secondary N) is 1. The number of benzene rings is 1. The first-order valence-electron chi connectivity index (χ1n) is 10.5. The molecule has 0 radical (unpaired) electrons. The van der Waals surface area contributed by atoms with Crippen molar-refractivity contribution in [2.75, 3.05) is 27.9 Å². The molecule has 0 aliphatic heterocycles. The van der Waals surface area contributed by atoms with Crippen LogP contribution in [0.15, 0.2) is 45.8 Å². The van der Waals surface area contributed by atoms with Crippen LogP contribution in [0.1, 0.15) is 24.4 Å². The molecule has 0 atom stereocenters. The van der Waals surface area contributed by atoms with E-state index in [-0.39, 0.29) is 30.7 Å². The lowest BCUT2D eigenvalue weighted by Gasteiger charge is -2.12. The second kappa shape index (κ2) is 9.68. The monoisotopic (exact) mass is 454 g/mol. The van der Waals surface area contributed by atoms with E-state index in [9.17, 15) is 9.59 Å². The van der Waals surface area contributed by atoms with Gasteiger partial charge in [-0.3, -0.25) is 9.36 Å². The molecular weight excluding hydrogens is 428 g/mol. The lowest BCUT2D eigenvalue weighted by atomic mass is 10.1. The average molecular weight is 454 g/mol. The van der Waals surface area contributed by atoms with Crippen LogP contribution in [0, 0.1) is 0 Å². The molecule has 0 spiro atoms. The molecular formula is C23H26N4O6. The Morgan fingerprint density at radius 2 is 1.94 bits per heavy atom. The summed E-state index contributed by atoms with van der Waals surface area (Å²) < 4.78 is 24.4. The number of carbonyl (C=O) groups excluding carboxylic acids is 1. The fraction of sp³-hybridized carbons (Fsp3) is 0.348. The Bertz CT molecular complexity index is 1180. The van der Waals surface area contributed by atoms with Gasteiger partial charge in [-0.15, -0.1) is 5.10 Å². The number of aromatic nitrogens is 3. The molecule has 1 aromatic carbocycles. The molecule has 1 fully saturated rings. The summed E-state index contributed by atoms with van der Waals surface area (Å²) in [4.78, 5) is 25.1.